The molecular formula is C15H16N2O6. The Hall–Kier alpha value is -3.03. The molecule has 0 saturated heterocycles. The van der Waals surface area contributed by atoms with Crippen molar-refractivity contribution in [3.8, 4) is 17.4 Å². The van der Waals surface area contributed by atoms with Gasteiger partial charge in [-0.15, -0.1) is 5.10 Å². The summed E-state index contributed by atoms with van der Waals surface area (Å²) in [5.41, 5.74) is 0.394. The van der Waals surface area contributed by atoms with Gasteiger partial charge in [0.25, 0.3) is 0 Å². The number of methoxy groups -OCH3 is 3. The minimum Gasteiger partial charge on any atom is -0.497 e. The van der Waals surface area contributed by atoms with Crippen molar-refractivity contribution in [2.24, 2.45) is 7.05 Å². The zero-order chi connectivity index (χ0) is 17.0. The van der Waals surface area contributed by atoms with Crippen LogP contribution in [0.25, 0.3) is 0 Å². The molecule has 122 valence electrons. The van der Waals surface area contributed by atoms with Gasteiger partial charge in [0.2, 0.25) is 5.88 Å². The zero-order valence-electron chi connectivity index (χ0n) is 13.2. The smallest absolute Gasteiger partial charge is 0.356 e. The minimum atomic E-state index is -0.656. The van der Waals surface area contributed by atoms with Crippen molar-refractivity contribution in [2.45, 2.75) is 0 Å². The average Bonchev–Trinajstić information content (AvgIpc) is 2.93. The van der Waals surface area contributed by atoms with Gasteiger partial charge in [0, 0.05) is 19.2 Å². The molecule has 0 aliphatic heterocycles. The first-order chi connectivity index (χ1) is 11.0. The van der Waals surface area contributed by atoms with Crippen LogP contribution in [0.4, 0.5) is 0 Å². The van der Waals surface area contributed by atoms with E-state index in [0.717, 1.165) is 0 Å². The SMILES string of the molecule is COC(=O)c1cc(OC(=O)c2cc(OC)cc(OC)c2)nn1C. The summed E-state index contributed by atoms with van der Waals surface area (Å²) in [5, 5.41) is 3.94. The molecule has 0 aliphatic rings. The maximum Gasteiger partial charge on any atom is 0.356 e. The van der Waals surface area contributed by atoms with Gasteiger partial charge in [-0.25, -0.2) is 9.59 Å². The van der Waals surface area contributed by atoms with E-state index in [2.05, 4.69) is 9.84 Å². The molecule has 1 aromatic carbocycles. The predicted molar refractivity (Wildman–Crippen MR) is 79.1 cm³/mol. The Balaban J connectivity index is 2.24. The van der Waals surface area contributed by atoms with E-state index in [9.17, 15) is 9.59 Å². The monoisotopic (exact) mass is 320 g/mol. The number of ether oxygens (including phenoxy) is 4. The number of carbonyl (C=O) groups is 2. The summed E-state index contributed by atoms with van der Waals surface area (Å²) < 4.78 is 21.2. The number of hydrogen-bond acceptors (Lipinski definition) is 7. The van der Waals surface area contributed by atoms with Crippen LogP contribution < -0.4 is 14.2 Å². The summed E-state index contributed by atoms with van der Waals surface area (Å²) in [5.74, 6) is -0.345. The van der Waals surface area contributed by atoms with E-state index >= 15 is 0 Å². The molecule has 0 amide bonds. The maximum atomic E-state index is 12.2. The summed E-state index contributed by atoms with van der Waals surface area (Å²) in [7, 11) is 5.75. The first-order valence-electron chi connectivity index (χ1n) is 6.56. The number of benzene rings is 1. The van der Waals surface area contributed by atoms with Crippen LogP contribution in [0.1, 0.15) is 20.8 Å². The summed E-state index contributed by atoms with van der Waals surface area (Å²) in [6, 6.07) is 5.97. The van der Waals surface area contributed by atoms with E-state index < -0.39 is 11.9 Å². The molecule has 0 bridgehead atoms. The summed E-state index contributed by atoms with van der Waals surface area (Å²) >= 11 is 0. The largest absolute Gasteiger partial charge is 0.497 e. The molecule has 0 atom stereocenters. The van der Waals surface area contributed by atoms with Crippen molar-refractivity contribution in [2.75, 3.05) is 21.3 Å². The van der Waals surface area contributed by atoms with Gasteiger partial charge in [-0.3, -0.25) is 4.68 Å². The van der Waals surface area contributed by atoms with Crippen molar-refractivity contribution in [1.29, 1.82) is 0 Å². The molecule has 2 rings (SSSR count). The minimum absolute atomic E-state index is 0.0142. The van der Waals surface area contributed by atoms with E-state index in [4.69, 9.17) is 14.2 Å². The fourth-order valence-corrected chi connectivity index (χ4v) is 1.87. The molecule has 0 spiro atoms. The number of rotatable bonds is 5. The number of esters is 2. The van der Waals surface area contributed by atoms with Crippen molar-refractivity contribution in [3.63, 3.8) is 0 Å². The van der Waals surface area contributed by atoms with Crippen LogP contribution in [0, 0.1) is 0 Å². The highest BCUT2D eigenvalue weighted by Crippen LogP contribution is 2.23. The molecular weight excluding hydrogens is 304 g/mol. The Morgan fingerprint density at radius 3 is 2.09 bits per heavy atom. The highest BCUT2D eigenvalue weighted by Gasteiger charge is 2.18. The lowest BCUT2D eigenvalue weighted by Crippen LogP contribution is -2.09. The van der Waals surface area contributed by atoms with Gasteiger partial charge in [-0.2, -0.15) is 0 Å². The fraction of sp³-hybridized carbons (Fsp3) is 0.267. The van der Waals surface area contributed by atoms with Crippen LogP contribution in [0.3, 0.4) is 0 Å². The van der Waals surface area contributed by atoms with Crippen molar-refractivity contribution in [3.05, 3.63) is 35.5 Å². The van der Waals surface area contributed by atoms with Crippen LogP contribution in [-0.2, 0) is 11.8 Å². The summed E-state index contributed by atoms with van der Waals surface area (Å²) in [6.07, 6.45) is 0. The molecule has 0 fully saturated rings. The number of carbonyl (C=O) groups excluding carboxylic acids is 2. The van der Waals surface area contributed by atoms with Gasteiger partial charge in [0.1, 0.15) is 17.2 Å². The Morgan fingerprint density at radius 2 is 1.57 bits per heavy atom. The third-order valence-electron chi connectivity index (χ3n) is 3.04. The second-order valence-corrected chi connectivity index (χ2v) is 4.47. The molecule has 8 heteroatoms. The van der Waals surface area contributed by atoms with Gasteiger partial charge >= 0.3 is 11.9 Å². The van der Waals surface area contributed by atoms with Crippen LogP contribution in [0.5, 0.6) is 17.4 Å². The summed E-state index contributed by atoms with van der Waals surface area (Å²) in [6.45, 7) is 0. The quantitative estimate of drug-likeness (QED) is 0.770. The molecule has 2 aromatic rings. The van der Waals surface area contributed by atoms with Gasteiger partial charge in [-0.1, -0.05) is 0 Å². The van der Waals surface area contributed by atoms with Gasteiger partial charge < -0.3 is 18.9 Å². The van der Waals surface area contributed by atoms with Crippen LogP contribution in [0.2, 0.25) is 0 Å². The maximum absolute atomic E-state index is 12.2. The third kappa shape index (κ3) is 3.60. The molecule has 1 aromatic heterocycles. The Morgan fingerprint density at radius 1 is 0.957 bits per heavy atom. The lowest BCUT2D eigenvalue weighted by Gasteiger charge is -2.07. The van der Waals surface area contributed by atoms with Crippen molar-refractivity contribution < 1.29 is 28.5 Å². The first-order valence-corrected chi connectivity index (χ1v) is 6.56. The van der Waals surface area contributed by atoms with Gasteiger partial charge in [-0.05, 0) is 12.1 Å². The lowest BCUT2D eigenvalue weighted by molar-refractivity contribution is 0.0587. The van der Waals surface area contributed by atoms with Gasteiger partial charge in [0.15, 0.2) is 0 Å². The Kier molecular flexibility index (Phi) is 4.85. The Bertz CT molecular complexity index is 715. The highest BCUT2D eigenvalue weighted by molar-refractivity contribution is 5.92. The van der Waals surface area contributed by atoms with Crippen LogP contribution >= 0.6 is 0 Å². The molecule has 23 heavy (non-hydrogen) atoms. The van der Waals surface area contributed by atoms with E-state index in [1.807, 2.05) is 0 Å². The molecule has 8 nitrogen and oxygen atoms in total. The number of nitrogens with zero attached hydrogens (tertiary/aromatic N) is 2. The van der Waals surface area contributed by atoms with Crippen molar-refractivity contribution in [1.82, 2.24) is 9.78 Å². The van der Waals surface area contributed by atoms with Crippen LogP contribution in [-0.4, -0.2) is 43.0 Å². The van der Waals surface area contributed by atoms with E-state index in [1.54, 1.807) is 6.07 Å². The Labute approximate surface area is 132 Å². The molecule has 0 unspecified atom stereocenters. The third-order valence-corrected chi connectivity index (χ3v) is 3.04. The lowest BCUT2D eigenvalue weighted by atomic mass is 10.2. The standard InChI is InChI=1S/C15H16N2O6/c1-17-12(15(19)22-4)8-13(16-17)23-14(18)9-5-10(20-2)7-11(6-9)21-3/h5-8H,1-4H3. The number of hydrogen-bond donors (Lipinski definition) is 0. The second-order valence-electron chi connectivity index (χ2n) is 4.47. The molecule has 0 radical (unpaired) electrons. The first kappa shape index (κ1) is 16.3. The molecule has 0 N–H and O–H groups in total. The average molecular weight is 320 g/mol. The van der Waals surface area contributed by atoms with E-state index in [0.29, 0.717) is 11.5 Å². The second kappa shape index (κ2) is 6.82. The van der Waals surface area contributed by atoms with Crippen molar-refractivity contribution >= 4 is 11.9 Å². The number of aryl methyl sites for hydroxylation is 1. The van der Waals surface area contributed by atoms with E-state index in [-0.39, 0.29) is 17.1 Å². The molecule has 1 heterocycles. The molecule has 0 aliphatic carbocycles. The van der Waals surface area contributed by atoms with Crippen LogP contribution in [0.15, 0.2) is 24.3 Å². The zero-order valence-corrected chi connectivity index (χ0v) is 13.2. The van der Waals surface area contributed by atoms with E-state index in [1.165, 1.54) is 51.3 Å². The number of aromatic nitrogens is 2. The highest BCUT2D eigenvalue weighted by atomic mass is 16.5. The summed E-state index contributed by atoms with van der Waals surface area (Å²) in [4.78, 5) is 23.7. The normalized spacial score (nSPS) is 10.1. The van der Waals surface area contributed by atoms with Gasteiger partial charge in [0.05, 0.1) is 26.9 Å². The predicted octanol–water partition coefficient (Wildman–Crippen LogP) is 1.44. The molecule has 0 saturated carbocycles. The topological polar surface area (TPSA) is 88.9 Å². The fourth-order valence-electron chi connectivity index (χ4n) is 1.87.